The minimum absolute atomic E-state index is 0.0213. The minimum atomic E-state index is -0.690. The van der Waals surface area contributed by atoms with Gasteiger partial charge in [-0.15, -0.1) is 0 Å². The van der Waals surface area contributed by atoms with E-state index in [-0.39, 0.29) is 29.2 Å². The molecule has 0 unspecified atom stereocenters. The number of aromatic hydroxyl groups is 1. The molecule has 2 aliphatic rings. The lowest BCUT2D eigenvalue weighted by Crippen LogP contribution is -2.45. The van der Waals surface area contributed by atoms with Crippen LogP contribution in [-0.4, -0.2) is 34.4 Å². The van der Waals surface area contributed by atoms with Crippen LogP contribution in [0.5, 0.6) is 5.75 Å². The zero-order chi connectivity index (χ0) is 16.4. The summed E-state index contributed by atoms with van der Waals surface area (Å²) < 4.78 is 13.7. The molecule has 6 heteroatoms. The standard InChI is InChI=1S/C17H21FN2O3/c18-13-10-12(21)7-8-14(13)19-16(22)15-6-3-9-20(15)17(23)11-4-1-2-5-11/h7-8,10-11,15,21H,1-6,9H2,(H,19,22)/t15-/m1/s1. The zero-order valence-electron chi connectivity index (χ0n) is 12.9. The molecule has 1 saturated heterocycles. The summed E-state index contributed by atoms with van der Waals surface area (Å²) in [6, 6.07) is 3.05. The summed E-state index contributed by atoms with van der Waals surface area (Å²) >= 11 is 0. The van der Waals surface area contributed by atoms with Crippen molar-refractivity contribution >= 4 is 17.5 Å². The lowest BCUT2D eigenvalue weighted by molar-refractivity contribution is -0.140. The van der Waals surface area contributed by atoms with E-state index in [1.807, 2.05) is 0 Å². The number of likely N-dealkylation sites (tertiary alicyclic amines) is 1. The Morgan fingerprint density at radius 2 is 1.91 bits per heavy atom. The number of carbonyl (C=O) groups is 2. The van der Waals surface area contributed by atoms with Gasteiger partial charge in [-0.05, 0) is 37.8 Å². The van der Waals surface area contributed by atoms with Crippen molar-refractivity contribution in [1.29, 1.82) is 0 Å². The molecule has 2 N–H and O–H groups in total. The van der Waals surface area contributed by atoms with Crippen LogP contribution in [0.3, 0.4) is 0 Å². The van der Waals surface area contributed by atoms with Gasteiger partial charge in [0.15, 0.2) is 0 Å². The van der Waals surface area contributed by atoms with Crippen LogP contribution in [0, 0.1) is 11.7 Å². The number of carbonyl (C=O) groups excluding carboxylic acids is 2. The Morgan fingerprint density at radius 1 is 1.17 bits per heavy atom. The number of halogens is 1. The summed E-state index contributed by atoms with van der Waals surface area (Å²) in [5, 5.41) is 11.7. The smallest absolute Gasteiger partial charge is 0.247 e. The quantitative estimate of drug-likeness (QED) is 0.841. The van der Waals surface area contributed by atoms with Gasteiger partial charge in [0, 0.05) is 18.5 Å². The molecular formula is C17H21FN2O3. The van der Waals surface area contributed by atoms with Gasteiger partial charge in [0.2, 0.25) is 11.8 Å². The summed E-state index contributed by atoms with van der Waals surface area (Å²) in [4.78, 5) is 26.7. The Kier molecular flexibility index (Phi) is 4.50. The van der Waals surface area contributed by atoms with Gasteiger partial charge < -0.3 is 15.3 Å². The third-order valence-corrected chi connectivity index (χ3v) is 4.75. The number of nitrogens with one attached hydrogen (secondary N) is 1. The molecule has 124 valence electrons. The molecule has 2 amide bonds. The molecule has 23 heavy (non-hydrogen) atoms. The molecule has 5 nitrogen and oxygen atoms in total. The third kappa shape index (κ3) is 3.30. The van der Waals surface area contributed by atoms with Crippen LogP contribution in [0.25, 0.3) is 0 Å². The molecule has 0 bridgehead atoms. The highest BCUT2D eigenvalue weighted by Gasteiger charge is 2.37. The molecule has 1 saturated carbocycles. The van der Waals surface area contributed by atoms with E-state index in [2.05, 4.69) is 5.32 Å². The van der Waals surface area contributed by atoms with Crippen LogP contribution in [0.15, 0.2) is 18.2 Å². The van der Waals surface area contributed by atoms with Crippen LogP contribution in [0.2, 0.25) is 0 Å². The average molecular weight is 320 g/mol. The van der Waals surface area contributed by atoms with Gasteiger partial charge in [-0.25, -0.2) is 4.39 Å². The Bertz CT molecular complexity index is 614. The van der Waals surface area contributed by atoms with E-state index >= 15 is 0 Å². The first-order chi connectivity index (χ1) is 11.1. The highest BCUT2D eigenvalue weighted by molar-refractivity contribution is 5.98. The van der Waals surface area contributed by atoms with Crippen molar-refractivity contribution in [2.45, 2.75) is 44.6 Å². The van der Waals surface area contributed by atoms with Crippen LogP contribution >= 0.6 is 0 Å². The fourth-order valence-corrected chi connectivity index (χ4v) is 3.53. The number of hydrogen-bond acceptors (Lipinski definition) is 3. The first kappa shape index (κ1) is 15.8. The second-order valence-electron chi connectivity index (χ2n) is 6.32. The van der Waals surface area contributed by atoms with Gasteiger partial charge in [-0.3, -0.25) is 9.59 Å². The lowest BCUT2D eigenvalue weighted by Gasteiger charge is -2.26. The molecule has 2 fully saturated rings. The Hall–Kier alpha value is -2.11. The summed E-state index contributed by atoms with van der Waals surface area (Å²) in [7, 11) is 0. The van der Waals surface area contributed by atoms with Gasteiger partial charge >= 0.3 is 0 Å². The summed E-state index contributed by atoms with van der Waals surface area (Å²) in [5.74, 6) is -1.15. The molecule has 3 rings (SSSR count). The normalized spacial score (nSPS) is 21.6. The molecule has 1 aliphatic heterocycles. The number of anilines is 1. The largest absolute Gasteiger partial charge is 0.508 e. The third-order valence-electron chi connectivity index (χ3n) is 4.75. The van der Waals surface area contributed by atoms with Crippen molar-refractivity contribution in [1.82, 2.24) is 4.90 Å². The van der Waals surface area contributed by atoms with Crippen molar-refractivity contribution in [3.8, 4) is 5.75 Å². The maximum absolute atomic E-state index is 13.7. The molecule has 1 aromatic rings. The van der Waals surface area contributed by atoms with Crippen LogP contribution in [0.1, 0.15) is 38.5 Å². The average Bonchev–Trinajstić information content (AvgIpc) is 3.20. The van der Waals surface area contributed by atoms with E-state index in [9.17, 15) is 19.1 Å². The van der Waals surface area contributed by atoms with Crippen LogP contribution in [0.4, 0.5) is 10.1 Å². The second-order valence-corrected chi connectivity index (χ2v) is 6.32. The maximum atomic E-state index is 13.7. The molecule has 1 aromatic carbocycles. The molecule has 0 radical (unpaired) electrons. The topological polar surface area (TPSA) is 69.6 Å². The maximum Gasteiger partial charge on any atom is 0.247 e. The van der Waals surface area contributed by atoms with Crippen molar-refractivity contribution in [2.24, 2.45) is 5.92 Å². The number of amides is 2. The van der Waals surface area contributed by atoms with Gasteiger partial charge in [0.1, 0.15) is 17.6 Å². The molecule has 1 aliphatic carbocycles. The van der Waals surface area contributed by atoms with E-state index in [0.29, 0.717) is 13.0 Å². The van der Waals surface area contributed by atoms with Crippen LogP contribution < -0.4 is 5.32 Å². The van der Waals surface area contributed by atoms with Gasteiger partial charge in [0.05, 0.1) is 5.69 Å². The van der Waals surface area contributed by atoms with Gasteiger partial charge in [-0.2, -0.15) is 0 Å². The molecule has 0 aromatic heterocycles. The monoisotopic (exact) mass is 320 g/mol. The SMILES string of the molecule is O=C(Nc1ccc(O)cc1F)[C@H]1CCCN1C(=O)C1CCCC1. The van der Waals surface area contributed by atoms with E-state index < -0.39 is 11.9 Å². The predicted molar refractivity (Wildman–Crippen MR) is 83.4 cm³/mol. The Morgan fingerprint density at radius 3 is 2.61 bits per heavy atom. The summed E-state index contributed by atoms with van der Waals surface area (Å²) in [5.41, 5.74) is 0.0213. The Balaban J connectivity index is 1.69. The zero-order valence-corrected chi connectivity index (χ0v) is 12.9. The molecule has 1 heterocycles. The van der Waals surface area contributed by atoms with E-state index in [0.717, 1.165) is 38.2 Å². The fraction of sp³-hybridized carbons (Fsp3) is 0.529. The van der Waals surface area contributed by atoms with Gasteiger partial charge in [-0.1, -0.05) is 12.8 Å². The second kappa shape index (κ2) is 6.56. The lowest BCUT2D eigenvalue weighted by atomic mass is 10.1. The highest BCUT2D eigenvalue weighted by atomic mass is 19.1. The first-order valence-electron chi connectivity index (χ1n) is 8.16. The number of hydrogen-bond donors (Lipinski definition) is 2. The van der Waals surface area contributed by atoms with Crippen molar-refractivity contribution in [3.05, 3.63) is 24.0 Å². The summed E-state index contributed by atoms with van der Waals surface area (Å²) in [6.07, 6.45) is 5.32. The predicted octanol–water partition coefficient (Wildman–Crippen LogP) is 2.65. The number of phenolic OH excluding ortho intramolecular Hbond substituents is 1. The number of rotatable bonds is 3. The first-order valence-corrected chi connectivity index (χ1v) is 8.16. The number of benzene rings is 1. The van der Waals surface area contributed by atoms with Crippen molar-refractivity contribution in [2.75, 3.05) is 11.9 Å². The molecule has 1 atom stereocenters. The van der Waals surface area contributed by atoms with Crippen molar-refractivity contribution < 1.29 is 19.1 Å². The fourth-order valence-electron chi connectivity index (χ4n) is 3.53. The minimum Gasteiger partial charge on any atom is -0.508 e. The van der Waals surface area contributed by atoms with E-state index in [1.54, 1.807) is 4.90 Å². The van der Waals surface area contributed by atoms with Gasteiger partial charge in [0.25, 0.3) is 0 Å². The van der Waals surface area contributed by atoms with E-state index in [1.165, 1.54) is 12.1 Å². The molecular weight excluding hydrogens is 299 g/mol. The van der Waals surface area contributed by atoms with Crippen LogP contribution in [-0.2, 0) is 9.59 Å². The number of nitrogens with zero attached hydrogens (tertiary/aromatic N) is 1. The Labute approximate surface area is 134 Å². The molecule has 0 spiro atoms. The summed E-state index contributed by atoms with van der Waals surface area (Å²) in [6.45, 7) is 0.589. The van der Waals surface area contributed by atoms with Crippen molar-refractivity contribution in [3.63, 3.8) is 0 Å². The number of phenols is 1. The highest BCUT2D eigenvalue weighted by Crippen LogP contribution is 2.30. The van der Waals surface area contributed by atoms with E-state index in [4.69, 9.17) is 0 Å².